The second-order valence-electron chi connectivity index (χ2n) is 6.16. The first kappa shape index (κ1) is 21.3. The minimum absolute atomic E-state index is 0.0728. The molecule has 1 heterocycles. The quantitative estimate of drug-likeness (QED) is 0.188. The van der Waals surface area contributed by atoms with Gasteiger partial charge in [0.25, 0.3) is 0 Å². The molecule has 1 saturated carbocycles. The lowest BCUT2D eigenvalue weighted by Crippen LogP contribution is -2.02. The van der Waals surface area contributed by atoms with Crippen LogP contribution in [0, 0.1) is 0 Å². The first-order chi connectivity index (χ1) is 12.0. The molecule has 0 amide bonds. The van der Waals surface area contributed by atoms with E-state index >= 15 is 0 Å². The van der Waals surface area contributed by atoms with Crippen molar-refractivity contribution in [3.8, 4) is 0 Å². The Bertz CT molecular complexity index is 724. The van der Waals surface area contributed by atoms with Gasteiger partial charge in [0.1, 0.15) is 0 Å². The van der Waals surface area contributed by atoms with Gasteiger partial charge < -0.3 is 17.3 Å². The first-order valence-corrected chi connectivity index (χ1v) is 9.76. The maximum absolute atomic E-state index is 13.6. The van der Waals surface area contributed by atoms with Crippen molar-refractivity contribution in [1.82, 2.24) is 0 Å². The fourth-order valence-electron chi connectivity index (χ4n) is 3.25. The number of thiophene rings is 1. The summed E-state index contributed by atoms with van der Waals surface area (Å²) in [5, 5.41) is 1.07. The molecule has 0 bridgehead atoms. The number of halogens is 8. The van der Waals surface area contributed by atoms with Crippen LogP contribution < -0.4 is 0 Å². The van der Waals surface area contributed by atoms with Gasteiger partial charge in [0.2, 0.25) is 0 Å². The average molecular weight is 421 g/mol. The third kappa shape index (κ3) is 6.04. The highest BCUT2D eigenvalue weighted by molar-refractivity contribution is 7.38. The number of benzene rings is 1. The molecule has 0 aliphatic heterocycles. The Balaban J connectivity index is 0.000000431. The van der Waals surface area contributed by atoms with Gasteiger partial charge in [-0.2, -0.15) is 0 Å². The van der Waals surface area contributed by atoms with E-state index in [-0.39, 0.29) is 5.92 Å². The van der Waals surface area contributed by atoms with Crippen molar-refractivity contribution < 1.29 is 30.4 Å². The zero-order chi connectivity index (χ0) is 19.5. The predicted molar refractivity (Wildman–Crippen MR) is 93.4 cm³/mol. The molecular weight excluding hydrogens is 403 g/mol. The van der Waals surface area contributed by atoms with Gasteiger partial charge in [-0.15, -0.1) is 13.2 Å². The second kappa shape index (κ2) is 8.38. The molecule has 1 aromatic carbocycles. The van der Waals surface area contributed by atoms with E-state index in [1.165, 1.54) is 6.07 Å². The molecule has 0 N–H and O–H groups in total. The number of hydrogen-bond acceptors (Lipinski definition) is 0. The molecule has 2 aromatic rings. The van der Waals surface area contributed by atoms with Crippen LogP contribution in [0.25, 0.3) is 10.1 Å². The average Bonchev–Trinajstić information content (AvgIpc) is 2.66. The zero-order valence-electron chi connectivity index (χ0n) is 13.6. The second-order valence-corrected chi connectivity index (χ2v) is 8.59. The number of hydrogen-bond donors (Lipinski definition) is 0. The topological polar surface area (TPSA) is 0 Å². The molecule has 1 aliphatic carbocycles. The fraction of sp³-hybridized carbons (Fsp3) is 0.500. The highest BCUT2D eigenvalue weighted by Crippen LogP contribution is 2.55. The highest BCUT2D eigenvalue weighted by Gasteiger charge is 2.49. The number of rotatable bonds is 1. The summed E-state index contributed by atoms with van der Waals surface area (Å²) in [5.74, 6) is 0.0728. The Hall–Kier alpha value is -0.955. The summed E-state index contributed by atoms with van der Waals surface area (Å²) in [7, 11) is -7.80. The van der Waals surface area contributed by atoms with Crippen LogP contribution in [0.3, 0.4) is 0 Å². The predicted octanol–water partition coefficient (Wildman–Crippen LogP) is 8.46. The summed E-state index contributed by atoms with van der Waals surface area (Å²) < 4.78 is 80.2. The van der Waals surface area contributed by atoms with Gasteiger partial charge in [-0.3, -0.25) is 0 Å². The van der Waals surface area contributed by atoms with Crippen LogP contribution >= 0.6 is 22.1 Å². The maximum atomic E-state index is 13.6. The van der Waals surface area contributed by atoms with Crippen molar-refractivity contribution in [2.75, 3.05) is 0 Å². The van der Waals surface area contributed by atoms with E-state index in [4.69, 9.17) is 11.6 Å². The summed E-state index contributed by atoms with van der Waals surface area (Å²) in [6, 6.07) is 6.66. The van der Waals surface area contributed by atoms with Crippen LogP contribution in [0.1, 0.15) is 49.3 Å². The molecule has 0 saturated heterocycles. The monoisotopic (exact) mass is 420 g/mol. The van der Waals surface area contributed by atoms with Crippen molar-refractivity contribution in [1.29, 1.82) is 0 Å². The van der Waals surface area contributed by atoms with E-state index in [1.807, 2.05) is 0 Å². The van der Waals surface area contributed by atoms with Crippen molar-refractivity contribution in [2.45, 2.75) is 50.0 Å². The van der Waals surface area contributed by atoms with Gasteiger partial charge in [0, 0.05) is 28.5 Å². The van der Waals surface area contributed by atoms with Crippen molar-refractivity contribution in [2.24, 2.45) is 0 Å². The maximum Gasteiger partial charge on any atom is 0.673 e. The Morgan fingerprint density at radius 3 is 1.96 bits per heavy atom. The van der Waals surface area contributed by atoms with E-state index in [0.717, 1.165) is 38.5 Å². The standard InChI is InChI=1S/C16H17ClF3S.BF4/c17-13-8-7-12-9-14(11-5-3-1-2-4-6-11)21(15(12)10-13)16(18,19)20;2-1(3,4)5/h7-11H,1-6H2;/q+1;-1. The lowest BCUT2D eigenvalue weighted by molar-refractivity contribution is -0.0868. The number of fused-ring (bicyclic) bond motifs is 1. The van der Waals surface area contributed by atoms with Crippen LogP contribution in [0.5, 0.6) is 0 Å². The summed E-state index contributed by atoms with van der Waals surface area (Å²) in [6.07, 6.45) is 6.12. The van der Waals surface area contributed by atoms with Crippen LogP contribution in [-0.2, 0) is 5.51 Å². The van der Waals surface area contributed by atoms with E-state index in [0.29, 0.717) is 20.0 Å². The summed E-state index contributed by atoms with van der Waals surface area (Å²) in [4.78, 5) is 0.585. The molecular formula is C16H17BClF7S. The minimum Gasteiger partial charge on any atom is -0.418 e. The molecule has 10 heteroatoms. The van der Waals surface area contributed by atoms with E-state index in [1.54, 1.807) is 18.2 Å². The molecule has 3 rings (SSSR count). The van der Waals surface area contributed by atoms with Crippen molar-refractivity contribution in [3.63, 3.8) is 0 Å². The Morgan fingerprint density at radius 1 is 0.923 bits per heavy atom. The highest BCUT2D eigenvalue weighted by atomic mass is 35.5. The van der Waals surface area contributed by atoms with Crippen molar-refractivity contribution >= 4 is 39.4 Å². The van der Waals surface area contributed by atoms with E-state index < -0.39 is 23.2 Å². The molecule has 1 atom stereocenters. The molecule has 0 radical (unpaired) electrons. The van der Waals surface area contributed by atoms with Crippen LogP contribution in [0.4, 0.5) is 30.4 Å². The fourth-order valence-corrected chi connectivity index (χ4v) is 5.68. The van der Waals surface area contributed by atoms with Gasteiger partial charge in [-0.1, -0.05) is 37.3 Å². The molecule has 146 valence electrons. The van der Waals surface area contributed by atoms with Crippen LogP contribution in [0.15, 0.2) is 24.3 Å². The lowest BCUT2D eigenvalue weighted by Gasteiger charge is -2.10. The Labute approximate surface area is 154 Å². The molecule has 0 nitrogen and oxygen atoms in total. The SMILES string of the molecule is FC(F)(F)[s+]1c(C2CCCCCC2)cc2ccc(Cl)cc21.F[B-](F)(F)F. The molecule has 26 heavy (non-hydrogen) atoms. The number of alkyl halides is 3. The normalized spacial score (nSPS) is 17.6. The van der Waals surface area contributed by atoms with Crippen molar-refractivity contribution in [3.05, 3.63) is 34.2 Å². The molecule has 1 aromatic heterocycles. The molecule has 1 fully saturated rings. The van der Waals surface area contributed by atoms with Crippen LogP contribution in [-0.4, -0.2) is 7.25 Å². The molecule has 1 aliphatic rings. The first-order valence-electron chi connectivity index (χ1n) is 8.16. The Morgan fingerprint density at radius 2 is 1.46 bits per heavy atom. The third-order valence-electron chi connectivity index (χ3n) is 4.22. The molecule has 0 spiro atoms. The minimum atomic E-state index is -6.00. The van der Waals surface area contributed by atoms with Gasteiger partial charge in [0.15, 0.2) is 9.58 Å². The zero-order valence-corrected chi connectivity index (χ0v) is 15.2. The molecule has 1 unspecified atom stereocenters. The van der Waals surface area contributed by atoms with E-state index in [2.05, 4.69) is 0 Å². The summed E-state index contributed by atoms with van der Waals surface area (Å²) >= 11 is 5.91. The van der Waals surface area contributed by atoms with Crippen LogP contribution in [0.2, 0.25) is 5.02 Å². The Kier molecular flexibility index (Phi) is 6.88. The smallest absolute Gasteiger partial charge is 0.418 e. The summed E-state index contributed by atoms with van der Waals surface area (Å²) in [6.45, 7) is 0. The van der Waals surface area contributed by atoms with Gasteiger partial charge in [0.05, 0.1) is 10.5 Å². The van der Waals surface area contributed by atoms with Gasteiger partial charge in [-0.25, -0.2) is 0 Å². The van der Waals surface area contributed by atoms with E-state index in [9.17, 15) is 30.4 Å². The van der Waals surface area contributed by atoms with Gasteiger partial charge >= 0.3 is 12.8 Å². The third-order valence-corrected chi connectivity index (χ3v) is 6.63. The van der Waals surface area contributed by atoms with Gasteiger partial charge in [-0.05, 0) is 25.0 Å². The largest absolute Gasteiger partial charge is 0.673 e. The lowest BCUT2D eigenvalue weighted by atomic mass is 9.98. The summed E-state index contributed by atoms with van der Waals surface area (Å²) in [5.41, 5.74) is -4.21.